The van der Waals surface area contributed by atoms with E-state index in [0.717, 1.165) is 37.4 Å². The predicted octanol–water partition coefficient (Wildman–Crippen LogP) is 4.81. The lowest BCUT2D eigenvalue weighted by Gasteiger charge is -2.29. The molecule has 2 fully saturated rings. The number of hydrogen-bond donors (Lipinski definition) is 0. The molecule has 0 amide bonds. The average molecular weight is 400 g/mol. The zero-order valence-electron chi connectivity index (χ0n) is 15.7. The van der Waals surface area contributed by atoms with Gasteiger partial charge in [0, 0.05) is 43.5 Å². The fourth-order valence-electron chi connectivity index (χ4n) is 4.97. The summed E-state index contributed by atoms with van der Waals surface area (Å²) in [7, 11) is 0. The number of benzene rings is 1. The van der Waals surface area contributed by atoms with Crippen LogP contribution in [0.2, 0.25) is 5.02 Å². The molecule has 2 aromatic heterocycles. The van der Waals surface area contributed by atoms with E-state index in [0.29, 0.717) is 18.3 Å². The van der Waals surface area contributed by atoms with Crippen LogP contribution in [0.3, 0.4) is 0 Å². The molecule has 3 heterocycles. The van der Waals surface area contributed by atoms with Crippen LogP contribution >= 0.6 is 11.6 Å². The van der Waals surface area contributed by atoms with Crippen molar-refractivity contribution in [2.45, 2.75) is 25.8 Å². The first-order chi connectivity index (χ1) is 13.6. The Kier molecular flexibility index (Phi) is 4.52. The Bertz CT molecular complexity index is 973. The van der Waals surface area contributed by atoms with Gasteiger partial charge in [-0.2, -0.15) is 0 Å². The van der Waals surface area contributed by atoms with Crippen LogP contribution in [0.5, 0.6) is 5.75 Å². The van der Waals surface area contributed by atoms with E-state index < -0.39 is 5.82 Å². The van der Waals surface area contributed by atoms with E-state index in [9.17, 15) is 4.39 Å². The van der Waals surface area contributed by atoms with E-state index >= 15 is 0 Å². The molecule has 1 aliphatic carbocycles. The van der Waals surface area contributed by atoms with Crippen molar-refractivity contribution >= 4 is 17.2 Å². The zero-order valence-corrected chi connectivity index (χ0v) is 16.4. The number of halogens is 2. The van der Waals surface area contributed by atoms with Crippen molar-refractivity contribution < 1.29 is 9.13 Å². The number of rotatable bonds is 5. The summed E-state index contributed by atoms with van der Waals surface area (Å²) in [6.07, 6.45) is 7.79. The largest absolute Gasteiger partial charge is 0.493 e. The van der Waals surface area contributed by atoms with Crippen molar-refractivity contribution in [3.63, 3.8) is 0 Å². The van der Waals surface area contributed by atoms with Gasteiger partial charge in [-0.05, 0) is 43.0 Å². The van der Waals surface area contributed by atoms with Crippen molar-refractivity contribution in [2.75, 3.05) is 19.7 Å². The Labute approximate surface area is 168 Å². The summed E-state index contributed by atoms with van der Waals surface area (Å²) in [5.41, 5.74) is 2.23. The van der Waals surface area contributed by atoms with Gasteiger partial charge in [-0.1, -0.05) is 24.1 Å². The number of pyridine rings is 1. The van der Waals surface area contributed by atoms with Gasteiger partial charge < -0.3 is 9.14 Å². The maximum Gasteiger partial charge on any atom is 0.145 e. The Morgan fingerprint density at radius 3 is 3.07 bits per heavy atom. The highest BCUT2D eigenvalue weighted by molar-refractivity contribution is 6.30. The number of nitrogens with zero attached hydrogens (tertiary/aromatic N) is 3. The molecule has 1 aliphatic heterocycles. The maximum atomic E-state index is 13.7. The maximum absolute atomic E-state index is 13.7. The molecule has 1 saturated heterocycles. The molecule has 3 aromatic rings. The summed E-state index contributed by atoms with van der Waals surface area (Å²) < 4.78 is 21.8. The minimum absolute atomic E-state index is 0.128. The first kappa shape index (κ1) is 18.0. The molecule has 5 rings (SSSR count). The van der Waals surface area contributed by atoms with E-state index in [1.165, 1.54) is 18.9 Å². The smallest absolute Gasteiger partial charge is 0.145 e. The second kappa shape index (κ2) is 7.05. The summed E-state index contributed by atoms with van der Waals surface area (Å²) in [5, 5.41) is 0.128. The van der Waals surface area contributed by atoms with Crippen LogP contribution in [0.4, 0.5) is 4.39 Å². The Morgan fingerprint density at radius 2 is 2.21 bits per heavy atom. The highest BCUT2D eigenvalue weighted by Crippen LogP contribution is 2.49. The van der Waals surface area contributed by atoms with Gasteiger partial charge in [-0.25, -0.2) is 9.37 Å². The van der Waals surface area contributed by atoms with Crippen LogP contribution in [-0.2, 0) is 6.54 Å². The minimum atomic E-state index is -0.431. The number of aromatic nitrogens is 2. The zero-order chi connectivity index (χ0) is 19.1. The Morgan fingerprint density at radius 1 is 1.29 bits per heavy atom. The molecule has 2 atom stereocenters. The highest BCUT2D eigenvalue weighted by atomic mass is 35.5. The van der Waals surface area contributed by atoms with Crippen LogP contribution in [0.25, 0.3) is 5.65 Å². The first-order valence-corrected chi connectivity index (χ1v) is 10.2. The van der Waals surface area contributed by atoms with Crippen LogP contribution in [0.15, 0.2) is 48.8 Å². The third-order valence-corrected chi connectivity index (χ3v) is 6.63. The van der Waals surface area contributed by atoms with E-state index in [-0.39, 0.29) is 10.4 Å². The molecule has 1 saturated carbocycles. The molecule has 0 spiro atoms. The summed E-state index contributed by atoms with van der Waals surface area (Å²) in [6.45, 7) is 3.56. The number of ether oxygens (including phenoxy) is 1. The highest BCUT2D eigenvalue weighted by Gasteiger charge is 2.49. The van der Waals surface area contributed by atoms with Crippen LogP contribution in [-0.4, -0.2) is 34.0 Å². The topological polar surface area (TPSA) is 29.8 Å². The lowest BCUT2D eigenvalue weighted by atomic mass is 9.81. The van der Waals surface area contributed by atoms with Gasteiger partial charge in [0.25, 0.3) is 0 Å². The fourth-order valence-corrected chi connectivity index (χ4v) is 5.09. The number of likely N-dealkylation sites (tertiary alicyclic amines) is 1. The number of fused-ring (bicyclic) bond motifs is 2. The van der Waals surface area contributed by atoms with Gasteiger partial charge in [0.1, 0.15) is 17.2 Å². The minimum Gasteiger partial charge on any atom is -0.493 e. The molecular weight excluding hydrogens is 377 g/mol. The van der Waals surface area contributed by atoms with Crippen molar-refractivity contribution in [1.29, 1.82) is 0 Å². The van der Waals surface area contributed by atoms with Crippen molar-refractivity contribution in [2.24, 2.45) is 11.3 Å². The van der Waals surface area contributed by atoms with Gasteiger partial charge in [0.2, 0.25) is 0 Å². The van der Waals surface area contributed by atoms with Gasteiger partial charge in [-0.3, -0.25) is 4.90 Å². The standard InChI is InChI=1S/C22H23ClFN3O/c23-19-7-6-18(10-20(19)24)28-15-22-8-3-4-16(22)11-26(14-22)12-17-13-27-9-2-1-5-21(27)25-17/h1-2,5-7,9-10,13,16H,3-4,8,11-12,14-15H2. The second-order valence-corrected chi connectivity index (χ2v) is 8.59. The van der Waals surface area contributed by atoms with E-state index in [1.807, 2.05) is 24.4 Å². The van der Waals surface area contributed by atoms with Crippen molar-refractivity contribution in [1.82, 2.24) is 14.3 Å². The molecule has 0 bridgehead atoms. The lowest BCUT2D eigenvalue weighted by molar-refractivity contribution is 0.127. The second-order valence-electron chi connectivity index (χ2n) is 8.18. The number of imidazole rings is 1. The first-order valence-electron chi connectivity index (χ1n) is 9.84. The van der Waals surface area contributed by atoms with Crippen molar-refractivity contribution in [3.8, 4) is 5.75 Å². The summed E-state index contributed by atoms with van der Waals surface area (Å²) in [4.78, 5) is 7.24. The summed E-state index contributed by atoms with van der Waals surface area (Å²) in [5.74, 6) is 0.752. The van der Waals surface area contributed by atoms with Crippen LogP contribution in [0, 0.1) is 17.2 Å². The molecule has 0 N–H and O–H groups in total. The molecule has 28 heavy (non-hydrogen) atoms. The Balaban J connectivity index is 1.28. The van der Waals surface area contributed by atoms with Gasteiger partial charge in [0.15, 0.2) is 0 Å². The van der Waals surface area contributed by atoms with Gasteiger partial charge in [0.05, 0.1) is 17.3 Å². The Hall–Kier alpha value is -2.11. The number of hydrogen-bond acceptors (Lipinski definition) is 3. The lowest BCUT2D eigenvalue weighted by Crippen LogP contribution is -2.33. The average Bonchev–Trinajstić information content (AvgIpc) is 3.34. The normalized spacial score (nSPS) is 24.7. The van der Waals surface area contributed by atoms with Gasteiger partial charge in [-0.15, -0.1) is 0 Å². The van der Waals surface area contributed by atoms with E-state index in [1.54, 1.807) is 12.1 Å². The molecule has 2 unspecified atom stereocenters. The monoisotopic (exact) mass is 399 g/mol. The van der Waals surface area contributed by atoms with Crippen LogP contribution < -0.4 is 4.74 Å². The van der Waals surface area contributed by atoms with Gasteiger partial charge >= 0.3 is 0 Å². The molecule has 0 radical (unpaired) electrons. The molecule has 2 aliphatic rings. The summed E-state index contributed by atoms with van der Waals surface area (Å²) in [6, 6.07) is 10.7. The van der Waals surface area contributed by atoms with E-state index in [4.69, 9.17) is 21.3 Å². The van der Waals surface area contributed by atoms with E-state index in [2.05, 4.69) is 15.5 Å². The molecule has 1 aromatic carbocycles. The summed E-state index contributed by atoms with van der Waals surface area (Å²) >= 11 is 5.78. The SMILES string of the molecule is Fc1cc(OCC23CCCC2CN(Cc2cn4ccccc4n2)C3)ccc1Cl. The van der Waals surface area contributed by atoms with Crippen molar-refractivity contribution in [3.05, 3.63) is 65.3 Å². The molecule has 6 heteroatoms. The molecular formula is C22H23ClFN3O. The molecule has 146 valence electrons. The quantitative estimate of drug-likeness (QED) is 0.616. The third-order valence-electron chi connectivity index (χ3n) is 6.33. The fraction of sp³-hybridized carbons (Fsp3) is 0.409. The molecule has 4 nitrogen and oxygen atoms in total. The predicted molar refractivity (Wildman–Crippen MR) is 107 cm³/mol. The van der Waals surface area contributed by atoms with Crippen LogP contribution in [0.1, 0.15) is 25.0 Å². The third kappa shape index (κ3) is 3.27.